The molecule has 2 aliphatic rings. The molecule has 0 radical (unpaired) electrons. The predicted octanol–water partition coefficient (Wildman–Crippen LogP) is 3.47. The van der Waals surface area contributed by atoms with Crippen LogP contribution < -0.4 is 5.32 Å². The molecule has 1 amide bonds. The number of nitrogens with zero attached hydrogens (tertiary/aromatic N) is 1. The van der Waals surface area contributed by atoms with Gasteiger partial charge in [-0.1, -0.05) is 19.3 Å². The van der Waals surface area contributed by atoms with Crippen molar-refractivity contribution in [2.45, 2.75) is 38.5 Å². The fourth-order valence-electron chi connectivity index (χ4n) is 3.38. The first kappa shape index (κ1) is 12.2. The SMILES string of the molecule is N#Cc1ccc(NC(=O)C2CC23CCCCC3)cc1. The smallest absolute Gasteiger partial charge is 0.228 e. The number of benzene rings is 1. The Hall–Kier alpha value is -1.82. The summed E-state index contributed by atoms with van der Waals surface area (Å²) < 4.78 is 0. The highest BCUT2D eigenvalue weighted by Gasteiger charge is 2.57. The molecule has 1 aromatic rings. The molecule has 3 heteroatoms. The Kier molecular flexibility index (Phi) is 3.02. The Morgan fingerprint density at radius 2 is 1.89 bits per heavy atom. The van der Waals surface area contributed by atoms with Crippen molar-refractivity contribution in [3.8, 4) is 6.07 Å². The van der Waals surface area contributed by atoms with Gasteiger partial charge in [0.05, 0.1) is 11.6 Å². The number of carbonyl (C=O) groups is 1. The van der Waals surface area contributed by atoms with Crippen LogP contribution in [0.3, 0.4) is 0 Å². The Bertz CT molecular complexity index is 521. The summed E-state index contributed by atoms with van der Waals surface area (Å²) in [5.74, 6) is 0.370. The van der Waals surface area contributed by atoms with Crippen LogP contribution in [0.2, 0.25) is 0 Å². The normalized spacial score (nSPS) is 23.6. The van der Waals surface area contributed by atoms with Gasteiger partial charge in [-0.25, -0.2) is 0 Å². The van der Waals surface area contributed by atoms with E-state index >= 15 is 0 Å². The average Bonchev–Trinajstić information content (AvgIpc) is 3.14. The zero-order valence-corrected chi connectivity index (χ0v) is 11.0. The van der Waals surface area contributed by atoms with Gasteiger partial charge >= 0.3 is 0 Å². The minimum absolute atomic E-state index is 0.159. The van der Waals surface area contributed by atoms with E-state index in [0.29, 0.717) is 11.0 Å². The number of anilines is 1. The third-order valence-electron chi connectivity index (χ3n) is 4.64. The lowest BCUT2D eigenvalue weighted by atomic mass is 9.84. The van der Waals surface area contributed by atoms with Gasteiger partial charge in [0.2, 0.25) is 5.91 Å². The van der Waals surface area contributed by atoms with Gasteiger partial charge in [-0.3, -0.25) is 4.79 Å². The van der Waals surface area contributed by atoms with Crippen LogP contribution in [0.15, 0.2) is 24.3 Å². The second kappa shape index (κ2) is 4.70. The maximum Gasteiger partial charge on any atom is 0.228 e. The highest BCUT2D eigenvalue weighted by atomic mass is 16.2. The van der Waals surface area contributed by atoms with Gasteiger partial charge in [-0.05, 0) is 48.9 Å². The third-order valence-corrected chi connectivity index (χ3v) is 4.64. The number of hydrogen-bond acceptors (Lipinski definition) is 2. The standard InChI is InChI=1S/C16H18N2O/c17-11-12-4-6-13(7-5-12)18-15(19)14-10-16(14)8-2-1-3-9-16/h4-7,14H,1-3,8-10H2,(H,18,19). The zero-order chi connectivity index (χ0) is 13.3. The van der Waals surface area contributed by atoms with Crippen molar-refractivity contribution in [2.24, 2.45) is 11.3 Å². The van der Waals surface area contributed by atoms with Gasteiger partial charge in [0.1, 0.15) is 0 Å². The first-order chi connectivity index (χ1) is 9.23. The van der Waals surface area contributed by atoms with E-state index in [1.54, 1.807) is 24.3 Å². The topological polar surface area (TPSA) is 52.9 Å². The summed E-state index contributed by atoms with van der Waals surface area (Å²) >= 11 is 0. The molecule has 0 bridgehead atoms. The number of nitriles is 1. The third kappa shape index (κ3) is 2.35. The molecule has 0 saturated heterocycles. The molecule has 2 aliphatic carbocycles. The molecule has 1 N–H and O–H groups in total. The Labute approximate surface area is 113 Å². The summed E-state index contributed by atoms with van der Waals surface area (Å²) in [6.07, 6.45) is 7.39. The highest BCUT2D eigenvalue weighted by molar-refractivity contribution is 5.95. The van der Waals surface area contributed by atoms with Crippen LogP contribution in [-0.4, -0.2) is 5.91 Å². The van der Waals surface area contributed by atoms with Crippen molar-refractivity contribution >= 4 is 11.6 Å². The molecule has 98 valence electrons. The van der Waals surface area contributed by atoms with E-state index in [1.165, 1.54) is 32.1 Å². The van der Waals surface area contributed by atoms with E-state index in [4.69, 9.17) is 5.26 Å². The summed E-state index contributed by atoms with van der Waals surface area (Å²) in [7, 11) is 0. The fourth-order valence-corrected chi connectivity index (χ4v) is 3.38. The van der Waals surface area contributed by atoms with Gasteiger partial charge in [0.25, 0.3) is 0 Å². The summed E-state index contributed by atoms with van der Waals surface area (Å²) in [4.78, 5) is 12.2. The molecule has 0 aromatic heterocycles. The molecule has 3 rings (SSSR count). The largest absolute Gasteiger partial charge is 0.326 e. The molecular formula is C16H18N2O. The number of hydrogen-bond donors (Lipinski definition) is 1. The van der Waals surface area contributed by atoms with Gasteiger partial charge < -0.3 is 5.32 Å². The van der Waals surface area contributed by atoms with Crippen LogP contribution in [0.1, 0.15) is 44.1 Å². The Balaban J connectivity index is 1.61. The van der Waals surface area contributed by atoms with Gasteiger partial charge in [0.15, 0.2) is 0 Å². The molecule has 1 unspecified atom stereocenters. The molecule has 0 heterocycles. The fraction of sp³-hybridized carbons (Fsp3) is 0.500. The average molecular weight is 254 g/mol. The van der Waals surface area contributed by atoms with Crippen LogP contribution in [0.5, 0.6) is 0 Å². The van der Waals surface area contributed by atoms with Crippen molar-refractivity contribution in [3.63, 3.8) is 0 Å². The molecule has 1 spiro atoms. The maximum atomic E-state index is 12.2. The van der Waals surface area contributed by atoms with Gasteiger partial charge in [0, 0.05) is 11.6 Å². The summed E-state index contributed by atoms with van der Waals surface area (Å²) in [5, 5.41) is 11.7. The van der Waals surface area contributed by atoms with Crippen LogP contribution in [0.4, 0.5) is 5.69 Å². The zero-order valence-electron chi connectivity index (χ0n) is 11.0. The van der Waals surface area contributed by atoms with Crippen molar-refractivity contribution in [2.75, 3.05) is 5.32 Å². The molecule has 19 heavy (non-hydrogen) atoms. The first-order valence-corrected chi connectivity index (χ1v) is 7.05. The second-order valence-electron chi connectivity index (χ2n) is 5.86. The minimum Gasteiger partial charge on any atom is -0.326 e. The lowest BCUT2D eigenvalue weighted by Gasteiger charge is -2.22. The summed E-state index contributed by atoms with van der Waals surface area (Å²) in [5.41, 5.74) is 1.74. The molecule has 1 atom stereocenters. The van der Waals surface area contributed by atoms with E-state index in [0.717, 1.165) is 12.1 Å². The van der Waals surface area contributed by atoms with Crippen molar-refractivity contribution in [1.82, 2.24) is 0 Å². The predicted molar refractivity (Wildman–Crippen MR) is 73.4 cm³/mol. The minimum atomic E-state index is 0.159. The maximum absolute atomic E-state index is 12.2. The first-order valence-electron chi connectivity index (χ1n) is 7.05. The highest BCUT2D eigenvalue weighted by Crippen LogP contribution is 2.61. The lowest BCUT2D eigenvalue weighted by Crippen LogP contribution is -2.20. The van der Waals surface area contributed by atoms with Crippen LogP contribution in [0.25, 0.3) is 0 Å². The second-order valence-corrected chi connectivity index (χ2v) is 5.86. The summed E-state index contributed by atoms with van der Waals surface area (Å²) in [6.45, 7) is 0. The van der Waals surface area contributed by atoms with E-state index in [1.807, 2.05) is 0 Å². The summed E-state index contributed by atoms with van der Waals surface area (Å²) in [6, 6.07) is 9.14. The van der Waals surface area contributed by atoms with Crippen LogP contribution in [0, 0.1) is 22.7 Å². The van der Waals surface area contributed by atoms with E-state index in [-0.39, 0.29) is 11.8 Å². The number of carbonyl (C=O) groups excluding carboxylic acids is 1. The Morgan fingerprint density at radius 3 is 2.53 bits per heavy atom. The molecule has 0 aliphatic heterocycles. The number of nitrogens with one attached hydrogen (secondary N) is 1. The van der Waals surface area contributed by atoms with E-state index < -0.39 is 0 Å². The number of rotatable bonds is 2. The van der Waals surface area contributed by atoms with Gasteiger partial charge in [-0.15, -0.1) is 0 Å². The van der Waals surface area contributed by atoms with Crippen LogP contribution in [-0.2, 0) is 4.79 Å². The number of amides is 1. The van der Waals surface area contributed by atoms with Gasteiger partial charge in [-0.2, -0.15) is 5.26 Å². The van der Waals surface area contributed by atoms with E-state index in [2.05, 4.69) is 11.4 Å². The Morgan fingerprint density at radius 1 is 1.21 bits per heavy atom. The van der Waals surface area contributed by atoms with Crippen molar-refractivity contribution < 1.29 is 4.79 Å². The molecule has 3 nitrogen and oxygen atoms in total. The van der Waals surface area contributed by atoms with Crippen molar-refractivity contribution in [3.05, 3.63) is 29.8 Å². The molecule has 2 saturated carbocycles. The van der Waals surface area contributed by atoms with E-state index in [9.17, 15) is 4.79 Å². The quantitative estimate of drug-likeness (QED) is 0.878. The van der Waals surface area contributed by atoms with Crippen molar-refractivity contribution in [1.29, 1.82) is 5.26 Å². The van der Waals surface area contributed by atoms with Crippen LogP contribution >= 0.6 is 0 Å². The molecular weight excluding hydrogens is 236 g/mol. The molecule has 2 fully saturated rings. The monoisotopic (exact) mass is 254 g/mol. The lowest BCUT2D eigenvalue weighted by molar-refractivity contribution is -0.118. The molecule has 1 aromatic carbocycles.